The Balaban J connectivity index is 3.14. The first-order valence-corrected chi connectivity index (χ1v) is 2.71. The number of nitrogens with zero attached hydrogens (tertiary/aromatic N) is 1. The van der Waals surface area contributed by atoms with Crippen molar-refractivity contribution in [2.45, 2.75) is 0 Å². The van der Waals surface area contributed by atoms with Gasteiger partial charge in [-0.2, -0.15) is 0 Å². The summed E-state index contributed by atoms with van der Waals surface area (Å²) in [6, 6.07) is 0. The van der Waals surface area contributed by atoms with Crippen LogP contribution in [0.5, 0.6) is 0 Å². The van der Waals surface area contributed by atoms with Crippen molar-refractivity contribution in [1.82, 2.24) is 10.6 Å². The molecule has 0 amide bonds. The van der Waals surface area contributed by atoms with E-state index in [-0.39, 0.29) is 0 Å². The molecule has 0 atom stereocenters. The lowest BCUT2D eigenvalue weighted by atomic mass is 10.6. The van der Waals surface area contributed by atoms with Gasteiger partial charge in [0.05, 0.1) is 0 Å². The van der Waals surface area contributed by atoms with Gasteiger partial charge in [0.1, 0.15) is 0 Å². The third-order valence-corrected chi connectivity index (χ3v) is 0.707. The first-order chi connectivity index (χ1) is 4.31. The topological polar surface area (TPSA) is 38.3 Å². The van der Waals surface area contributed by atoms with Crippen LogP contribution in [0.1, 0.15) is 0 Å². The maximum atomic E-state index is 10.5. The smallest absolute Gasteiger partial charge is 0.0271 e. The summed E-state index contributed by atoms with van der Waals surface area (Å²) in [7, 11) is 0. The average molecular weight is 127 g/mol. The van der Waals surface area contributed by atoms with Gasteiger partial charge in [0.15, 0.2) is 0 Å². The second kappa shape index (κ2) is 5.50. The molecule has 0 fully saturated rings. The molecular formula is C6H11N2O-. The largest absolute Gasteiger partial charge is 0.771 e. The lowest BCUT2D eigenvalue weighted by Crippen LogP contribution is -2.32. The van der Waals surface area contributed by atoms with Gasteiger partial charge in [-0.15, -0.1) is 13.2 Å². The van der Waals surface area contributed by atoms with Crippen molar-refractivity contribution in [2.24, 2.45) is 0 Å². The van der Waals surface area contributed by atoms with E-state index in [9.17, 15) is 5.21 Å². The van der Waals surface area contributed by atoms with Crippen molar-refractivity contribution in [3.63, 3.8) is 0 Å². The molecule has 0 aromatic rings. The quantitative estimate of drug-likeness (QED) is 0.435. The molecule has 3 heteroatoms. The van der Waals surface area contributed by atoms with E-state index in [1.807, 2.05) is 0 Å². The van der Waals surface area contributed by atoms with Crippen molar-refractivity contribution in [1.29, 1.82) is 0 Å². The number of hydroxylamine groups is 1. The molecule has 0 aliphatic heterocycles. The zero-order chi connectivity index (χ0) is 7.11. The van der Waals surface area contributed by atoms with Crippen LogP contribution < -0.4 is 5.43 Å². The zero-order valence-corrected chi connectivity index (χ0v) is 5.34. The van der Waals surface area contributed by atoms with Gasteiger partial charge < -0.3 is 10.4 Å². The van der Waals surface area contributed by atoms with E-state index in [0.29, 0.717) is 18.3 Å². The number of hydrogen-bond acceptors (Lipinski definition) is 3. The molecule has 0 aromatic heterocycles. The Bertz CT molecular complexity index is 93.1. The van der Waals surface area contributed by atoms with Crippen LogP contribution in [0.4, 0.5) is 0 Å². The fourth-order valence-corrected chi connectivity index (χ4v) is 0.348. The molecule has 0 aromatic carbocycles. The highest BCUT2D eigenvalue weighted by molar-refractivity contribution is 4.74. The number of hydrazine groups is 1. The molecule has 0 saturated carbocycles. The lowest BCUT2D eigenvalue weighted by Gasteiger charge is -2.26. The van der Waals surface area contributed by atoms with E-state index in [1.165, 1.54) is 6.08 Å². The Morgan fingerprint density at radius 2 is 2.11 bits per heavy atom. The van der Waals surface area contributed by atoms with Crippen molar-refractivity contribution < 1.29 is 0 Å². The summed E-state index contributed by atoms with van der Waals surface area (Å²) in [5, 5.41) is 11.2. The van der Waals surface area contributed by atoms with Crippen molar-refractivity contribution in [2.75, 3.05) is 13.1 Å². The molecule has 0 heterocycles. The van der Waals surface area contributed by atoms with Crippen molar-refractivity contribution >= 4 is 0 Å². The SMILES string of the molecule is C=CCNN([O-])CC=C. The molecule has 0 radical (unpaired) electrons. The summed E-state index contributed by atoms with van der Waals surface area (Å²) < 4.78 is 0. The van der Waals surface area contributed by atoms with Crippen LogP contribution in [0.25, 0.3) is 0 Å². The Labute approximate surface area is 55.2 Å². The highest BCUT2D eigenvalue weighted by Crippen LogP contribution is 1.75. The molecule has 0 aliphatic carbocycles. The van der Waals surface area contributed by atoms with E-state index in [0.717, 1.165) is 0 Å². The summed E-state index contributed by atoms with van der Waals surface area (Å²) >= 11 is 0. The molecule has 0 unspecified atom stereocenters. The van der Waals surface area contributed by atoms with Crippen LogP contribution in [0.3, 0.4) is 0 Å². The minimum absolute atomic E-state index is 0.299. The summed E-state index contributed by atoms with van der Waals surface area (Å²) in [4.78, 5) is 0. The Morgan fingerprint density at radius 3 is 2.56 bits per heavy atom. The van der Waals surface area contributed by atoms with Gasteiger partial charge >= 0.3 is 0 Å². The summed E-state index contributed by atoms with van der Waals surface area (Å²) in [6.07, 6.45) is 3.15. The van der Waals surface area contributed by atoms with Gasteiger partial charge in [0.25, 0.3) is 0 Å². The molecule has 3 nitrogen and oxygen atoms in total. The maximum absolute atomic E-state index is 10.5. The van der Waals surface area contributed by atoms with Gasteiger partial charge in [-0.05, 0) is 0 Å². The standard InChI is InChI=1S/C6H11N2O/c1-3-5-7-8(9)6-4-2/h3-4,7H,1-2,5-6H2/q-1. The molecule has 0 rings (SSSR count). The van der Waals surface area contributed by atoms with E-state index in [4.69, 9.17) is 0 Å². The predicted octanol–water partition coefficient (Wildman–Crippen LogP) is 0.663. The van der Waals surface area contributed by atoms with E-state index in [1.54, 1.807) is 6.08 Å². The fourth-order valence-electron chi connectivity index (χ4n) is 0.348. The predicted molar refractivity (Wildman–Crippen MR) is 38.5 cm³/mol. The average Bonchev–Trinajstić information content (AvgIpc) is 1.85. The van der Waals surface area contributed by atoms with Gasteiger partial charge in [-0.3, -0.25) is 5.43 Å². The second-order valence-corrected chi connectivity index (χ2v) is 1.50. The van der Waals surface area contributed by atoms with Crippen molar-refractivity contribution in [3.8, 4) is 0 Å². The van der Waals surface area contributed by atoms with Crippen molar-refractivity contribution in [3.05, 3.63) is 30.5 Å². The van der Waals surface area contributed by atoms with Gasteiger partial charge in [0, 0.05) is 13.1 Å². The highest BCUT2D eigenvalue weighted by Gasteiger charge is 1.80. The molecule has 9 heavy (non-hydrogen) atoms. The summed E-state index contributed by atoms with van der Waals surface area (Å²) in [6.45, 7) is 7.64. The highest BCUT2D eigenvalue weighted by atomic mass is 16.5. The monoisotopic (exact) mass is 127 g/mol. The Hall–Kier alpha value is -0.640. The molecule has 0 bridgehead atoms. The Kier molecular flexibility index (Phi) is 5.11. The molecule has 1 N–H and O–H groups in total. The van der Waals surface area contributed by atoms with Crippen LogP contribution in [0.15, 0.2) is 25.3 Å². The molecular weight excluding hydrogens is 116 g/mol. The third-order valence-electron chi connectivity index (χ3n) is 0.707. The van der Waals surface area contributed by atoms with Crippen LogP contribution in [0.2, 0.25) is 0 Å². The van der Waals surface area contributed by atoms with E-state index < -0.39 is 0 Å². The minimum atomic E-state index is 0.299. The number of hydrogen-bond donors (Lipinski definition) is 1. The molecule has 0 spiro atoms. The van der Waals surface area contributed by atoms with Gasteiger partial charge in [0.2, 0.25) is 0 Å². The number of rotatable bonds is 5. The van der Waals surface area contributed by atoms with Crippen LogP contribution in [-0.4, -0.2) is 18.3 Å². The molecule has 0 saturated heterocycles. The Morgan fingerprint density at radius 1 is 1.44 bits per heavy atom. The van der Waals surface area contributed by atoms with Gasteiger partial charge in [-0.1, -0.05) is 12.2 Å². The first-order valence-electron chi connectivity index (χ1n) is 2.71. The number of nitrogens with one attached hydrogen (secondary N) is 1. The van der Waals surface area contributed by atoms with Gasteiger partial charge in [-0.25, -0.2) is 0 Å². The second-order valence-electron chi connectivity index (χ2n) is 1.50. The molecule has 0 aliphatic rings. The first kappa shape index (κ1) is 8.36. The third kappa shape index (κ3) is 5.23. The van der Waals surface area contributed by atoms with E-state index in [2.05, 4.69) is 18.6 Å². The maximum Gasteiger partial charge on any atom is 0.0271 e. The lowest BCUT2D eigenvalue weighted by molar-refractivity contribution is 0.316. The normalized spacial score (nSPS) is 9.56. The summed E-state index contributed by atoms with van der Waals surface area (Å²) in [5.74, 6) is 0. The molecule has 52 valence electrons. The van der Waals surface area contributed by atoms with E-state index >= 15 is 0 Å². The van der Waals surface area contributed by atoms with Crippen LogP contribution >= 0.6 is 0 Å². The van der Waals surface area contributed by atoms with Crippen LogP contribution in [0, 0.1) is 5.21 Å². The minimum Gasteiger partial charge on any atom is -0.771 e. The van der Waals surface area contributed by atoms with Crippen LogP contribution in [-0.2, 0) is 0 Å². The zero-order valence-electron chi connectivity index (χ0n) is 5.34. The fraction of sp³-hybridized carbons (Fsp3) is 0.333. The summed E-state index contributed by atoms with van der Waals surface area (Å²) in [5.41, 5.74) is 2.52.